The molecule has 4 saturated heterocycles. The van der Waals surface area contributed by atoms with E-state index in [1.807, 2.05) is 0 Å². The van der Waals surface area contributed by atoms with Gasteiger partial charge in [-0.25, -0.2) is 24.4 Å². The maximum absolute atomic E-state index is 12.6. The van der Waals surface area contributed by atoms with Gasteiger partial charge < -0.3 is 194 Å². The predicted molar refractivity (Wildman–Crippen MR) is 403 cm³/mol. The average Bonchev–Trinajstić information content (AvgIpc) is 1.66. The van der Waals surface area contributed by atoms with Gasteiger partial charge in [-0.2, -0.15) is 12.6 Å². The molecule has 27 atom stereocenters. The molecule has 8 rings (SSSR count). The van der Waals surface area contributed by atoms with E-state index in [2.05, 4.69) is 81.3 Å². The minimum absolute atomic E-state index is 0. The number of nitrogens with two attached hydrogens (primary N) is 4. The number of hydrogen-bond donors (Lipinski definition) is 24. The van der Waals surface area contributed by atoms with E-state index in [1.165, 1.54) is 30.8 Å². The lowest BCUT2D eigenvalue weighted by atomic mass is 10.1. The topological polar surface area (TPSA) is 978 Å². The van der Waals surface area contributed by atoms with Crippen LogP contribution in [0.15, 0.2) is 54.1 Å². The van der Waals surface area contributed by atoms with E-state index >= 15 is 0 Å². The van der Waals surface area contributed by atoms with Gasteiger partial charge in [-0.3, -0.25) is 66.8 Å². The average molecular weight is 1960 g/mol. The van der Waals surface area contributed by atoms with Crippen molar-refractivity contribution in [3.8, 4) is 0 Å². The summed E-state index contributed by atoms with van der Waals surface area (Å²) in [5.41, 5.74) is 22.2. The van der Waals surface area contributed by atoms with Crippen LogP contribution in [-0.4, -0.2) is 309 Å². The molecule has 0 saturated carbocycles. The van der Waals surface area contributed by atoms with E-state index < -0.39 is 240 Å². The Morgan fingerprint density at radius 1 is 0.528 bits per heavy atom. The number of aliphatic hydroxyl groups excluding tert-OH is 6. The predicted octanol–water partition coefficient (Wildman–Crippen LogP) is -10.7. The highest BCUT2D eigenvalue weighted by atomic mass is 32.2. The number of thiol groups is 1. The van der Waals surface area contributed by atoms with Crippen LogP contribution in [0, 0.1) is 0 Å². The smallest absolute Gasteiger partial charge is 0.521 e. The summed E-state index contributed by atoms with van der Waals surface area (Å²) < 4.78 is 149. The van der Waals surface area contributed by atoms with Gasteiger partial charge >= 0.3 is 32.4 Å². The molecule has 8 heterocycles. The maximum Gasteiger partial charge on any atom is 0.521 e. The summed E-state index contributed by atoms with van der Waals surface area (Å²) in [7, 11) is -34.8. The van der Waals surface area contributed by atoms with E-state index in [1.54, 1.807) is 12.2 Å². The second kappa shape index (κ2) is 55.9. The fraction of sp³-hybridized carbons (Fsp3) is 0.759. The summed E-state index contributed by atoms with van der Waals surface area (Å²) in [6.07, 6.45) is -6.85. The molecule has 0 aromatic rings. The SMILES string of the molecule is C.C.NC(CCCS)=NCCCCCCNC1C=CN(C2OC(COP(=O)([O-])O)C(OP(=O)([O-])O)C2O)C(=O)N1.NC1C=CN(C2OC(CO)C(O)C2O)C(=O)N1.NC1C=CN(C2OC(COP(=O)([O-])O)C(OP(=O)([O-])O)C2O)C(=O)N1.NCCCCCCNC1C=CN(C2OC(COP(=O)([O-])O)C(OP(=O)([O-])O)C2O)C(=O)N1.O=S([O-])[O-].O=[P+]([O-])OO.[HH]. The monoisotopic (exact) mass is 1960 g/mol. The Morgan fingerprint density at radius 3 is 1.11 bits per heavy atom. The molecule has 720 valence electrons. The molecule has 0 bridgehead atoms. The molecule has 0 spiro atoms. The van der Waals surface area contributed by atoms with Crippen molar-refractivity contribution in [1.29, 1.82) is 0 Å². The number of phosphoric ester groups is 6. The Labute approximate surface area is 711 Å². The second-order valence-electron chi connectivity index (χ2n) is 25.3. The van der Waals surface area contributed by atoms with Crippen LogP contribution in [0.2, 0.25) is 0 Å². The molecule has 27 unspecified atom stereocenters. The summed E-state index contributed by atoms with van der Waals surface area (Å²) in [5.74, 6) is 1.42. The number of carbonyl (C=O) groups is 4. The number of aliphatic imine (C=N–C) groups is 1. The molecule has 8 amide bonds. The lowest BCUT2D eigenvalue weighted by molar-refractivity contribution is -0.244. The lowest BCUT2D eigenvalue weighted by Crippen LogP contribution is -2.56. The first-order valence-corrected chi connectivity index (χ1v) is 46.6. The van der Waals surface area contributed by atoms with E-state index in [0.717, 1.165) is 95.8 Å². The van der Waals surface area contributed by atoms with Gasteiger partial charge in [0, 0.05) is 43.9 Å². The van der Waals surface area contributed by atoms with Crippen LogP contribution in [0.1, 0.15) is 80.5 Å². The molecule has 8 aliphatic rings. The van der Waals surface area contributed by atoms with Gasteiger partial charge in [0.15, 0.2) is 24.9 Å². The third-order valence-corrected chi connectivity index (χ3v) is 19.7. The quantitative estimate of drug-likeness (QED) is 0.00397. The van der Waals surface area contributed by atoms with Crippen LogP contribution in [-0.2, 0) is 94.1 Å². The highest BCUT2D eigenvalue weighted by Gasteiger charge is 2.54. The van der Waals surface area contributed by atoms with Crippen molar-refractivity contribution >= 4 is 109 Å². The highest BCUT2D eigenvalue weighted by molar-refractivity contribution is 7.80. The number of amidine groups is 1. The Morgan fingerprint density at radius 2 is 0.829 bits per heavy atom. The third kappa shape index (κ3) is 44.9. The maximum atomic E-state index is 12.6. The first kappa shape index (κ1) is 117. The van der Waals surface area contributed by atoms with Crippen molar-refractivity contribution in [1.82, 2.24) is 51.5 Å². The molecule has 69 heteroatoms. The number of ether oxygens (including phenoxy) is 4. The van der Waals surface area contributed by atoms with Crippen molar-refractivity contribution in [3.05, 3.63) is 49.1 Å². The van der Waals surface area contributed by atoms with Gasteiger partial charge in [-0.05, 0) is 86.4 Å². The number of hydrogen-bond acceptors (Lipinski definition) is 46. The summed E-state index contributed by atoms with van der Waals surface area (Å²) in [6.45, 7) is -0.730. The van der Waals surface area contributed by atoms with Gasteiger partial charge in [-0.15, -0.1) is 11.4 Å². The lowest BCUT2D eigenvalue weighted by Gasteiger charge is -2.33. The van der Waals surface area contributed by atoms with E-state index in [0.29, 0.717) is 32.0 Å². The van der Waals surface area contributed by atoms with Crippen LogP contribution in [0.5, 0.6) is 0 Å². The molecule has 0 radical (unpaired) electrons. The van der Waals surface area contributed by atoms with Gasteiger partial charge in [0.05, 0.1) is 44.6 Å². The zero-order chi connectivity index (χ0) is 91.7. The second-order valence-corrected chi connectivity index (χ2v) is 33.8. The van der Waals surface area contributed by atoms with Crippen LogP contribution >= 0.6 is 67.8 Å². The van der Waals surface area contributed by atoms with Crippen LogP contribution in [0.4, 0.5) is 19.2 Å². The zero-order valence-corrected chi connectivity index (χ0v) is 70.5. The minimum Gasteiger partial charge on any atom is -0.784 e. The van der Waals surface area contributed by atoms with Crippen LogP contribution < -0.4 is 89.1 Å². The minimum atomic E-state index is -5.40. The standard InChI is InChI=1S/C19H37N5O11P2S.C15H30N4O11P2.C9H17N3O11P2.C9H15N3O5.2CH4.HO4P.H2O3S.H2/c20-14(6-5-11-38)21-8-3-1-2-4-9-22-15-7-10-24(19(26)23-15)18-16(25)17(35-37(30,31)32)13(34-18)12-33-36(27,28)29;16-6-3-1-2-4-7-17-11-5-8-19(15(21)18-11)14-12(20)13(30-32(25,26)27)10(29-14)9-28-31(22,23)24;10-5-1-2-12(9(14)11-5)8-6(13)7(23-25(18,19)20)4(22-8)3-21-24(15,16)17;10-5-1-2-12(9(16)11-5)8-7(15)6(14)4(3-13)17-8;;;1-4-5(2)3;1-4(2)3;/h7,10,13,15-18,22,25,38H,1-6,8-9,11-12H2,(H2,20,21)(H,23,26)(H2,27,28,29)(H2,30,31,32);5,8,10-14,17,20H,1-4,6-7,9,16H2,(H,18,21)(H2,22,23,24)(H2,25,26,27);1-2,4-8,13H,3,10H2,(H,11,14)(H2,15,16,17)(H2,18,19,20);1-2,4-8,13-15H,3,10H2,(H,11,16);2*1H4;1H;(H2,1,2,3);1H/p-8. The number of nitrogens with zero attached hydrogens (tertiary/aromatic N) is 5. The first-order valence-electron chi connectivity index (χ1n) is 34.9. The molecule has 0 aliphatic carbocycles. The molecule has 0 aromatic heterocycles. The van der Waals surface area contributed by atoms with Gasteiger partial charge in [0.25, 0.3) is 46.9 Å². The molecular weight excluding hydrogens is 1860 g/mol. The van der Waals surface area contributed by atoms with Crippen molar-refractivity contribution in [2.75, 3.05) is 58.4 Å². The molecular formula is C54H104N15O45P7S2-8. The number of rotatable bonds is 39. The zero-order valence-electron chi connectivity index (χ0n) is 62.5. The number of phosphoric acid groups is 6. The van der Waals surface area contributed by atoms with E-state index in [9.17, 15) is 101 Å². The molecule has 0 aromatic carbocycles. The number of unbranched alkanes of at least 4 members (excludes halogenated alkanes) is 6. The summed E-state index contributed by atoms with van der Waals surface area (Å²) >= 11 is 1.03. The first-order chi connectivity index (χ1) is 56.1. The Hall–Kier alpha value is -4.03. The van der Waals surface area contributed by atoms with Gasteiger partial charge in [0.1, 0.15) is 85.6 Å². The summed E-state index contributed by atoms with van der Waals surface area (Å²) in [4.78, 5) is 184. The number of aliphatic hydroxyl groups is 6. The molecule has 123 heavy (non-hydrogen) atoms. The van der Waals surface area contributed by atoms with E-state index in [4.69, 9.17) is 104 Å². The number of carbonyl (C=O) groups excluding carboxylic acids is 4. The van der Waals surface area contributed by atoms with Crippen molar-refractivity contribution in [3.63, 3.8) is 0 Å². The van der Waals surface area contributed by atoms with Crippen LogP contribution in [0.25, 0.3) is 0 Å². The molecule has 27 N–H and O–H groups in total. The Bertz CT molecular complexity index is 3750. The van der Waals surface area contributed by atoms with E-state index in [-0.39, 0.29) is 16.3 Å². The normalized spacial score (nSPS) is 31.4. The highest BCUT2D eigenvalue weighted by Crippen LogP contribution is 2.45. The van der Waals surface area contributed by atoms with Gasteiger partial charge in [-0.1, -0.05) is 40.5 Å². The number of amides is 8. The van der Waals surface area contributed by atoms with Crippen LogP contribution in [0.3, 0.4) is 0 Å². The van der Waals surface area contributed by atoms with Gasteiger partial charge in [0.2, 0.25) is 0 Å². The fourth-order valence-electron chi connectivity index (χ4n) is 11.1. The summed E-state index contributed by atoms with van der Waals surface area (Å²) in [5, 5.41) is 82.5. The summed E-state index contributed by atoms with van der Waals surface area (Å²) in [6, 6.07) is -2.75. The Kier molecular flexibility index (Phi) is 53.1. The van der Waals surface area contributed by atoms with Crippen molar-refractivity contribution in [2.24, 2.45) is 27.9 Å². The largest absolute Gasteiger partial charge is 0.784 e. The number of urea groups is 4. The molecule has 60 nitrogen and oxygen atoms in total. The fourth-order valence-corrected chi connectivity index (χ4v) is 14.0. The van der Waals surface area contributed by atoms with Crippen molar-refractivity contribution in [2.45, 2.75) is 202 Å². The Balaban J connectivity index is 0.00000160. The number of nitrogens with one attached hydrogen (secondary N) is 6. The molecule has 4 fully saturated rings. The molecule has 8 aliphatic heterocycles. The third-order valence-electron chi connectivity index (χ3n) is 16.3. The van der Waals surface area contributed by atoms with Crippen molar-refractivity contribution < 1.29 is 216 Å².